The standard InChI is InChI=1S/C18H23N7O/c1-12(2)14-6-4-5-7-15(14)25-13(3)20-16(22-25)17-21-18(23-26-17)24-10-8-19-9-11-24/h4-7,12,19H,8-11H2,1-3H3. The highest BCUT2D eigenvalue weighted by Gasteiger charge is 2.21. The van der Waals surface area contributed by atoms with Gasteiger partial charge in [-0.15, -0.1) is 5.10 Å². The van der Waals surface area contributed by atoms with Gasteiger partial charge < -0.3 is 14.7 Å². The summed E-state index contributed by atoms with van der Waals surface area (Å²) in [6.07, 6.45) is 0. The molecule has 0 bridgehead atoms. The van der Waals surface area contributed by atoms with Crippen LogP contribution >= 0.6 is 0 Å². The summed E-state index contributed by atoms with van der Waals surface area (Å²) in [7, 11) is 0. The number of benzene rings is 1. The fourth-order valence-corrected chi connectivity index (χ4v) is 3.18. The third-order valence-corrected chi connectivity index (χ3v) is 4.56. The molecule has 8 heteroatoms. The predicted molar refractivity (Wildman–Crippen MR) is 98.6 cm³/mol. The van der Waals surface area contributed by atoms with E-state index in [9.17, 15) is 0 Å². The Labute approximate surface area is 152 Å². The van der Waals surface area contributed by atoms with Crippen molar-refractivity contribution in [3.8, 4) is 17.4 Å². The molecule has 0 atom stereocenters. The Morgan fingerprint density at radius 2 is 1.88 bits per heavy atom. The number of aryl methyl sites for hydroxylation is 1. The average Bonchev–Trinajstić information content (AvgIpc) is 3.29. The van der Waals surface area contributed by atoms with E-state index in [1.54, 1.807) is 0 Å². The van der Waals surface area contributed by atoms with Crippen molar-refractivity contribution >= 4 is 5.95 Å². The van der Waals surface area contributed by atoms with Gasteiger partial charge in [-0.3, -0.25) is 0 Å². The van der Waals surface area contributed by atoms with Crippen molar-refractivity contribution in [2.75, 3.05) is 31.1 Å². The number of para-hydroxylation sites is 1. The topological polar surface area (TPSA) is 84.9 Å². The monoisotopic (exact) mass is 353 g/mol. The second kappa shape index (κ2) is 6.87. The Morgan fingerprint density at radius 3 is 2.65 bits per heavy atom. The van der Waals surface area contributed by atoms with Crippen LogP contribution in [0.5, 0.6) is 0 Å². The van der Waals surface area contributed by atoms with Gasteiger partial charge in [0.1, 0.15) is 5.82 Å². The summed E-state index contributed by atoms with van der Waals surface area (Å²) in [6, 6.07) is 8.23. The smallest absolute Gasteiger partial charge is 0.299 e. The van der Waals surface area contributed by atoms with E-state index < -0.39 is 0 Å². The molecule has 0 aliphatic carbocycles. The van der Waals surface area contributed by atoms with Crippen molar-refractivity contribution in [1.29, 1.82) is 0 Å². The van der Waals surface area contributed by atoms with Crippen molar-refractivity contribution in [2.24, 2.45) is 0 Å². The second-order valence-electron chi connectivity index (χ2n) is 6.74. The lowest BCUT2D eigenvalue weighted by Crippen LogP contribution is -2.44. The summed E-state index contributed by atoms with van der Waals surface area (Å²) >= 11 is 0. The Hall–Kier alpha value is -2.74. The Bertz CT molecular complexity index is 893. The summed E-state index contributed by atoms with van der Waals surface area (Å²) in [6.45, 7) is 9.83. The Balaban J connectivity index is 1.66. The van der Waals surface area contributed by atoms with E-state index in [2.05, 4.69) is 56.4 Å². The first kappa shape index (κ1) is 16.7. The molecule has 8 nitrogen and oxygen atoms in total. The van der Waals surface area contributed by atoms with Gasteiger partial charge in [0.15, 0.2) is 0 Å². The number of piperazine rings is 1. The molecule has 136 valence electrons. The number of nitrogens with zero attached hydrogens (tertiary/aromatic N) is 6. The second-order valence-corrected chi connectivity index (χ2v) is 6.74. The van der Waals surface area contributed by atoms with Crippen LogP contribution in [-0.2, 0) is 0 Å². The number of hydrogen-bond acceptors (Lipinski definition) is 7. The Morgan fingerprint density at radius 1 is 1.12 bits per heavy atom. The molecular weight excluding hydrogens is 330 g/mol. The van der Waals surface area contributed by atoms with Crippen molar-refractivity contribution in [3.63, 3.8) is 0 Å². The van der Waals surface area contributed by atoms with Crippen LogP contribution in [0.2, 0.25) is 0 Å². The molecule has 2 aromatic heterocycles. The zero-order chi connectivity index (χ0) is 18.1. The quantitative estimate of drug-likeness (QED) is 0.769. The minimum atomic E-state index is 0.349. The van der Waals surface area contributed by atoms with Gasteiger partial charge in [-0.2, -0.15) is 4.98 Å². The van der Waals surface area contributed by atoms with Gasteiger partial charge in [-0.25, -0.2) is 9.67 Å². The summed E-state index contributed by atoms with van der Waals surface area (Å²) in [5.74, 6) is 2.58. The largest absolute Gasteiger partial charge is 0.336 e. The third kappa shape index (κ3) is 3.08. The van der Waals surface area contributed by atoms with Gasteiger partial charge in [0.25, 0.3) is 11.8 Å². The summed E-state index contributed by atoms with van der Waals surface area (Å²) in [4.78, 5) is 11.1. The molecule has 0 unspecified atom stereocenters. The fourth-order valence-electron chi connectivity index (χ4n) is 3.18. The predicted octanol–water partition coefficient (Wildman–Crippen LogP) is 2.16. The van der Waals surface area contributed by atoms with Gasteiger partial charge in [-0.1, -0.05) is 32.0 Å². The molecule has 26 heavy (non-hydrogen) atoms. The first-order valence-corrected chi connectivity index (χ1v) is 8.96. The van der Waals surface area contributed by atoms with Crippen LogP contribution in [0.1, 0.15) is 31.2 Å². The summed E-state index contributed by atoms with van der Waals surface area (Å²) in [5.41, 5.74) is 2.25. The number of hydrogen-bond donors (Lipinski definition) is 1. The molecule has 0 spiro atoms. The maximum atomic E-state index is 5.42. The van der Waals surface area contributed by atoms with Crippen LogP contribution in [0, 0.1) is 6.92 Å². The number of nitrogens with one attached hydrogen (secondary N) is 1. The van der Waals surface area contributed by atoms with Crippen LogP contribution in [0.15, 0.2) is 28.8 Å². The molecular formula is C18H23N7O. The fraction of sp³-hybridized carbons (Fsp3) is 0.444. The number of aromatic nitrogens is 5. The van der Waals surface area contributed by atoms with Gasteiger partial charge >= 0.3 is 0 Å². The van der Waals surface area contributed by atoms with E-state index in [4.69, 9.17) is 4.52 Å². The Kier molecular flexibility index (Phi) is 4.42. The maximum absolute atomic E-state index is 5.42. The van der Waals surface area contributed by atoms with E-state index in [0.29, 0.717) is 23.6 Å². The first-order chi connectivity index (χ1) is 12.6. The molecule has 1 aliphatic heterocycles. The molecule has 0 saturated carbocycles. The molecule has 1 fully saturated rings. The molecule has 1 saturated heterocycles. The van der Waals surface area contributed by atoms with Gasteiger partial charge in [-0.05, 0) is 29.6 Å². The first-order valence-electron chi connectivity index (χ1n) is 8.96. The third-order valence-electron chi connectivity index (χ3n) is 4.56. The van der Waals surface area contributed by atoms with Crippen LogP contribution < -0.4 is 10.2 Å². The van der Waals surface area contributed by atoms with Crippen LogP contribution in [0.25, 0.3) is 17.4 Å². The molecule has 4 rings (SSSR count). The van der Waals surface area contributed by atoms with Crippen LogP contribution in [0.4, 0.5) is 5.95 Å². The SMILES string of the molecule is Cc1nc(-c2nc(N3CCNCC3)no2)nn1-c1ccccc1C(C)C. The van der Waals surface area contributed by atoms with E-state index in [0.717, 1.165) is 37.7 Å². The zero-order valence-electron chi connectivity index (χ0n) is 15.3. The van der Waals surface area contributed by atoms with Crippen molar-refractivity contribution in [3.05, 3.63) is 35.7 Å². The number of anilines is 1. The molecule has 1 N–H and O–H groups in total. The van der Waals surface area contributed by atoms with Gasteiger partial charge in [0, 0.05) is 26.2 Å². The van der Waals surface area contributed by atoms with E-state index in [1.807, 2.05) is 23.7 Å². The van der Waals surface area contributed by atoms with Crippen molar-refractivity contribution in [2.45, 2.75) is 26.7 Å². The lowest BCUT2D eigenvalue weighted by molar-refractivity contribution is 0.424. The highest BCUT2D eigenvalue weighted by atomic mass is 16.5. The van der Waals surface area contributed by atoms with E-state index in [-0.39, 0.29) is 0 Å². The minimum Gasteiger partial charge on any atom is -0.336 e. The lowest BCUT2D eigenvalue weighted by Gasteiger charge is -2.25. The maximum Gasteiger partial charge on any atom is 0.299 e. The van der Waals surface area contributed by atoms with Crippen LogP contribution in [0.3, 0.4) is 0 Å². The molecule has 1 aliphatic rings. The molecule has 1 aromatic carbocycles. The minimum absolute atomic E-state index is 0.349. The van der Waals surface area contributed by atoms with Gasteiger partial charge in [0.2, 0.25) is 5.82 Å². The number of rotatable bonds is 4. The van der Waals surface area contributed by atoms with Gasteiger partial charge in [0.05, 0.1) is 5.69 Å². The highest BCUT2D eigenvalue weighted by molar-refractivity contribution is 5.47. The normalized spacial score (nSPS) is 15.0. The summed E-state index contributed by atoms with van der Waals surface area (Å²) in [5, 5.41) is 12.0. The average molecular weight is 353 g/mol. The van der Waals surface area contributed by atoms with Crippen LogP contribution in [-0.4, -0.2) is 51.1 Å². The molecule has 0 amide bonds. The van der Waals surface area contributed by atoms with E-state index >= 15 is 0 Å². The summed E-state index contributed by atoms with van der Waals surface area (Å²) < 4.78 is 7.27. The van der Waals surface area contributed by atoms with Crippen molar-refractivity contribution < 1.29 is 4.52 Å². The lowest BCUT2D eigenvalue weighted by atomic mass is 10.0. The van der Waals surface area contributed by atoms with Crippen molar-refractivity contribution in [1.82, 2.24) is 30.2 Å². The molecule has 0 radical (unpaired) electrons. The molecule has 3 aromatic rings. The zero-order valence-corrected chi connectivity index (χ0v) is 15.3. The highest BCUT2D eigenvalue weighted by Crippen LogP contribution is 2.25. The van der Waals surface area contributed by atoms with E-state index in [1.165, 1.54) is 5.56 Å². The molecule has 3 heterocycles.